The summed E-state index contributed by atoms with van der Waals surface area (Å²) in [4.78, 5) is 2.28. The molecule has 0 aromatic heterocycles. The molecule has 1 saturated heterocycles. The summed E-state index contributed by atoms with van der Waals surface area (Å²) in [7, 11) is 1.62. The quantitative estimate of drug-likeness (QED) is 0.745. The number of nitrogens with zero attached hydrogens (tertiary/aromatic N) is 1. The van der Waals surface area contributed by atoms with Gasteiger partial charge in [0.05, 0.1) is 19.3 Å². The van der Waals surface area contributed by atoms with Crippen molar-refractivity contribution >= 4 is 15.9 Å². The first kappa shape index (κ1) is 19.7. The van der Waals surface area contributed by atoms with Gasteiger partial charge in [-0.25, -0.2) is 0 Å². The maximum absolute atomic E-state index is 10.7. The van der Waals surface area contributed by atoms with Crippen molar-refractivity contribution in [2.24, 2.45) is 0 Å². The van der Waals surface area contributed by atoms with Crippen molar-refractivity contribution < 1.29 is 19.7 Å². The molecule has 1 fully saturated rings. The third-order valence-corrected chi connectivity index (χ3v) is 6.45. The van der Waals surface area contributed by atoms with Gasteiger partial charge in [0.1, 0.15) is 17.1 Å². The highest BCUT2D eigenvalue weighted by atomic mass is 79.9. The van der Waals surface area contributed by atoms with Crippen LogP contribution < -0.4 is 9.47 Å². The number of piperidine rings is 1. The molecule has 2 aromatic rings. The van der Waals surface area contributed by atoms with E-state index in [2.05, 4.69) is 20.8 Å². The maximum atomic E-state index is 10.7. The van der Waals surface area contributed by atoms with Crippen LogP contribution in [0.4, 0.5) is 0 Å². The molecule has 0 saturated carbocycles. The molecule has 6 heteroatoms. The van der Waals surface area contributed by atoms with Crippen LogP contribution in [0, 0.1) is 0 Å². The molecule has 1 spiro atoms. The predicted octanol–water partition coefficient (Wildman–Crippen LogP) is 3.84. The first-order valence-electron chi connectivity index (χ1n) is 9.69. The smallest absolute Gasteiger partial charge is 0.126 e. The summed E-state index contributed by atoms with van der Waals surface area (Å²) in [6.45, 7) is 2.28. The molecule has 5 nitrogen and oxygen atoms in total. The molecule has 0 aliphatic carbocycles. The number of aliphatic hydroxyl groups is 2. The molecule has 28 heavy (non-hydrogen) atoms. The number of hydrogen-bond donors (Lipinski definition) is 2. The van der Waals surface area contributed by atoms with Crippen LogP contribution in [0.25, 0.3) is 0 Å². The standard InChI is InChI=1S/C22H26BrNO4/c1-27-17-6-7-21-18(12-17)19(25)13-22(28-21)8-10-24(11-9-22)14-20(26)15-2-4-16(23)5-3-15/h2-7,12,19-20,25-26H,8-11,13-14H2,1H3/t19-,20-/m1/s1. The van der Waals surface area contributed by atoms with Gasteiger partial charge in [-0.15, -0.1) is 0 Å². The van der Waals surface area contributed by atoms with Crippen molar-refractivity contribution in [3.8, 4) is 11.5 Å². The van der Waals surface area contributed by atoms with E-state index in [0.29, 0.717) is 13.0 Å². The van der Waals surface area contributed by atoms with E-state index >= 15 is 0 Å². The van der Waals surface area contributed by atoms with E-state index in [1.807, 2.05) is 42.5 Å². The molecule has 2 aliphatic heterocycles. The second kappa shape index (κ2) is 8.03. The summed E-state index contributed by atoms with van der Waals surface area (Å²) < 4.78 is 12.6. The second-order valence-electron chi connectivity index (χ2n) is 7.78. The molecule has 0 radical (unpaired) electrons. The summed E-state index contributed by atoms with van der Waals surface area (Å²) in [5.74, 6) is 1.48. The van der Waals surface area contributed by atoms with Crippen molar-refractivity contribution in [3.05, 3.63) is 58.1 Å². The lowest BCUT2D eigenvalue weighted by Crippen LogP contribution is -2.51. The van der Waals surface area contributed by atoms with E-state index < -0.39 is 12.2 Å². The molecule has 2 aliphatic rings. The van der Waals surface area contributed by atoms with Crippen LogP contribution in [0.2, 0.25) is 0 Å². The fourth-order valence-corrected chi connectivity index (χ4v) is 4.49. The Bertz CT molecular complexity index is 818. The third-order valence-electron chi connectivity index (χ3n) is 5.92. The van der Waals surface area contributed by atoms with E-state index in [-0.39, 0.29) is 5.60 Å². The molecule has 0 bridgehead atoms. The van der Waals surface area contributed by atoms with Crippen LogP contribution in [-0.2, 0) is 0 Å². The van der Waals surface area contributed by atoms with E-state index in [1.54, 1.807) is 7.11 Å². The Morgan fingerprint density at radius 1 is 1.21 bits per heavy atom. The van der Waals surface area contributed by atoms with E-state index in [1.165, 1.54) is 0 Å². The van der Waals surface area contributed by atoms with Crippen LogP contribution in [0.15, 0.2) is 46.9 Å². The molecule has 2 aromatic carbocycles. The largest absolute Gasteiger partial charge is 0.497 e. The minimum atomic E-state index is -0.543. The Kier molecular flexibility index (Phi) is 5.65. The second-order valence-corrected chi connectivity index (χ2v) is 8.69. The van der Waals surface area contributed by atoms with Crippen molar-refractivity contribution in [1.82, 2.24) is 4.90 Å². The first-order chi connectivity index (χ1) is 13.5. The number of likely N-dealkylation sites (tertiary alicyclic amines) is 1. The number of methoxy groups -OCH3 is 1. The highest BCUT2D eigenvalue weighted by Gasteiger charge is 2.43. The van der Waals surface area contributed by atoms with E-state index in [4.69, 9.17) is 9.47 Å². The van der Waals surface area contributed by atoms with Gasteiger partial charge in [-0.3, -0.25) is 0 Å². The molecule has 0 unspecified atom stereocenters. The van der Waals surface area contributed by atoms with Crippen LogP contribution in [0.3, 0.4) is 0 Å². The Morgan fingerprint density at radius 2 is 1.93 bits per heavy atom. The number of rotatable bonds is 4. The molecule has 2 N–H and O–H groups in total. The highest BCUT2D eigenvalue weighted by Crippen LogP contribution is 2.45. The Hall–Kier alpha value is -1.60. The van der Waals surface area contributed by atoms with Gasteiger partial charge in [0, 0.05) is 36.1 Å². The Balaban J connectivity index is 1.39. The monoisotopic (exact) mass is 447 g/mol. The van der Waals surface area contributed by atoms with Crippen LogP contribution in [0.1, 0.15) is 42.6 Å². The van der Waals surface area contributed by atoms with Gasteiger partial charge in [-0.2, -0.15) is 0 Å². The summed E-state index contributed by atoms with van der Waals surface area (Å²) >= 11 is 3.42. The van der Waals surface area contributed by atoms with Crippen molar-refractivity contribution in [2.75, 3.05) is 26.7 Å². The zero-order valence-electron chi connectivity index (χ0n) is 16.0. The zero-order valence-corrected chi connectivity index (χ0v) is 17.6. The highest BCUT2D eigenvalue weighted by molar-refractivity contribution is 9.10. The minimum absolute atomic E-state index is 0.333. The topological polar surface area (TPSA) is 62.2 Å². The van der Waals surface area contributed by atoms with Gasteiger partial charge in [0.15, 0.2) is 0 Å². The van der Waals surface area contributed by atoms with Crippen molar-refractivity contribution in [3.63, 3.8) is 0 Å². The van der Waals surface area contributed by atoms with Crippen molar-refractivity contribution in [1.29, 1.82) is 0 Å². The van der Waals surface area contributed by atoms with Gasteiger partial charge < -0.3 is 24.6 Å². The fourth-order valence-electron chi connectivity index (χ4n) is 4.23. The molecule has 2 heterocycles. The number of ether oxygens (including phenoxy) is 2. The van der Waals surface area contributed by atoms with Gasteiger partial charge in [0.2, 0.25) is 0 Å². The lowest BCUT2D eigenvalue weighted by molar-refractivity contribution is -0.0588. The minimum Gasteiger partial charge on any atom is -0.497 e. The average molecular weight is 448 g/mol. The average Bonchev–Trinajstić information content (AvgIpc) is 2.70. The number of hydrogen-bond acceptors (Lipinski definition) is 5. The molecular formula is C22H26BrNO4. The summed E-state index contributed by atoms with van der Waals surface area (Å²) in [6, 6.07) is 13.4. The van der Waals surface area contributed by atoms with E-state index in [9.17, 15) is 10.2 Å². The lowest BCUT2D eigenvalue weighted by Gasteiger charge is -2.46. The predicted molar refractivity (Wildman–Crippen MR) is 111 cm³/mol. The molecule has 4 rings (SSSR count). The van der Waals surface area contributed by atoms with Crippen LogP contribution >= 0.6 is 15.9 Å². The SMILES string of the molecule is COc1ccc2c(c1)[C@H](O)CC1(CCN(C[C@@H](O)c3ccc(Br)cc3)CC1)O2. The molecular weight excluding hydrogens is 422 g/mol. The summed E-state index contributed by atoms with van der Waals surface area (Å²) in [5, 5.41) is 21.2. The third kappa shape index (κ3) is 4.06. The number of β-amino-alcohol motifs (C(OH)–C–C–N with tert-alkyl or cyclic N) is 1. The molecule has 0 amide bonds. The molecule has 150 valence electrons. The number of aliphatic hydroxyl groups excluding tert-OH is 2. The Labute approximate surface area is 174 Å². The molecule has 2 atom stereocenters. The number of benzene rings is 2. The maximum Gasteiger partial charge on any atom is 0.126 e. The zero-order chi connectivity index (χ0) is 19.7. The van der Waals surface area contributed by atoms with Crippen LogP contribution in [0.5, 0.6) is 11.5 Å². The summed E-state index contributed by atoms with van der Waals surface area (Å²) in [5.41, 5.74) is 1.40. The lowest BCUT2D eigenvalue weighted by atomic mass is 9.81. The van der Waals surface area contributed by atoms with Crippen molar-refractivity contribution in [2.45, 2.75) is 37.1 Å². The van der Waals surface area contributed by atoms with Gasteiger partial charge >= 0.3 is 0 Å². The normalized spacial score (nSPS) is 22.4. The first-order valence-corrected chi connectivity index (χ1v) is 10.5. The van der Waals surface area contributed by atoms with Gasteiger partial charge in [0.25, 0.3) is 0 Å². The Morgan fingerprint density at radius 3 is 2.61 bits per heavy atom. The number of fused-ring (bicyclic) bond motifs is 1. The van der Waals surface area contributed by atoms with Crippen LogP contribution in [-0.4, -0.2) is 47.5 Å². The van der Waals surface area contributed by atoms with Gasteiger partial charge in [-0.05, 0) is 48.7 Å². The van der Waals surface area contributed by atoms with E-state index in [0.717, 1.165) is 53.0 Å². The fraction of sp³-hybridized carbons (Fsp3) is 0.455. The summed E-state index contributed by atoms with van der Waals surface area (Å²) in [6.07, 6.45) is 1.22. The number of halogens is 1. The van der Waals surface area contributed by atoms with Gasteiger partial charge in [-0.1, -0.05) is 28.1 Å².